The summed E-state index contributed by atoms with van der Waals surface area (Å²) in [7, 11) is 1.74. The molecule has 0 spiro atoms. The molecule has 21 heavy (non-hydrogen) atoms. The first-order chi connectivity index (χ1) is 10.3. The van der Waals surface area contributed by atoms with Crippen LogP contribution < -0.4 is 10.2 Å². The molecule has 1 saturated carbocycles. The highest BCUT2D eigenvalue weighted by Crippen LogP contribution is 2.31. The van der Waals surface area contributed by atoms with Crippen molar-refractivity contribution < 1.29 is 4.74 Å². The van der Waals surface area contributed by atoms with E-state index < -0.39 is 0 Å². The lowest BCUT2D eigenvalue weighted by molar-refractivity contribution is 0.199. The van der Waals surface area contributed by atoms with Crippen LogP contribution in [0.25, 0.3) is 0 Å². The molecule has 0 radical (unpaired) electrons. The van der Waals surface area contributed by atoms with Crippen molar-refractivity contribution in [2.45, 2.75) is 45.2 Å². The average molecular weight is 355 g/mol. The molecule has 0 bridgehead atoms. The summed E-state index contributed by atoms with van der Waals surface area (Å²) in [6, 6.07) is 7.38. The maximum atomic E-state index is 5.10. The molecule has 0 heterocycles. The Hall–Kier alpha value is -0.580. The van der Waals surface area contributed by atoms with Crippen molar-refractivity contribution in [2.75, 3.05) is 31.7 Å². The number of nitrogens with one attached hydrogen (secondary N) is 1. The van der Waals surface area contributed by atoms with Crippen molar-refractivity contribution in [1.82, 2.24) is 5.32 Å². The summed E-state index contributed by atoms with van der Waals surface area (Å²) in [6.45, 7) is 5.88. The first kappa shape index (κ1) is 16.8. The molecule has 0 saturated heterocycles. The van der Waals surface area contributed by atoms with Gasteiger partial charge < -0.3 is 15.0 Å². The molecule has 2 rings (SSSR count). The van der Waals surface area contributed by atoms with Gasteiger partial charge in [-0.05, 0) is 43.5 Å². The highest BCUT2D eigenvalue weighted by molar-refractivity contribution is 9.10. The van der Waals surface area contributed by atoms with Crippen molar-refractivity contribution in [3.63, 3.8) is 0 Å². The van der Waals surface area contributed by atoms with Gasteiger partial charge in [0, 0.05) is 42.9 Å². The Labute approximate surface area is 137 Å². The number of halogens is 1. The molecule has 0 unspecified atom stereocenters. The van der Waals surface area contributed by atoms with E-state index in [1.807, 2.05) is 0 Å². The van der Waals surface area contributed by atoms with Crippen LogP contribution >= 0.6 is 15.9 Å². The molecule has 4 heteroatoms. The van der Waals surface area contributed by atoms with E-state index in [4.69, 9.17) is 4.74 Å². The Balaban J connectivity index is 2.12. The van der Waals surface area contributed by atoms with Gasteiger partial charge in [-0.3, -0.25) is 0 Å². The van der Waals surface area contributed by atoms with E-state index in [2.05, 4.69) is 51.3 Å². The van der Waals surface area contributed by atoms with Crippen molar-refractivity contribution in [2.24, 2.45) is 0 Å². The van der Waals surface area contributed by atoms with Crippen molar-refractivity contribution >= 4 is 21.6 Å². The second kappa shape index (κ2) is 8.76. The van der Waals surface area contributed by atoms with Gasteiger partial charge in [-0.2, -0.15) is 0 Å². The molecule has 1 aliphatic rings. The quantitative estimate of drug-likeness (QED) is 0.715. The molecule has 1 aromatic rings. The highest BCUT2D eigenvalue weighted by atomic mass is 79.9. The zero-order valence-electron chi connectivity index (χ0n) is 13.2. The summed E-state index contributed by atoms with van der Waals surface area (Å²) in [5.74, 6) is 0. The van der Waals surface area contributed by atoms with Gasteiger partial charge in [-0.1, -0.05) is 28.8 Å². The van der Waals surface area contributed by atoms with Gasteiger partial charge in [0.2, 0.25) is 0 Å². The maximum Gasteiger partial charge on any atom is 0.0587 e. The molecule has 118 valence electrons. The van der Waals surface area contributed by atoms with E-state index in [1.54, 1.807) is 7.11 Å². The first-order valence-corrected chi connectivity index (χ1v) is 8.80. The molecular weight excluding hydrogens is 328 g/mol. The predicted octanol–water partition coefficient (Wildman–Crippen LogP) is 3.95. The minimum atomic E-state index is 0.717. The van der Waals surface area contributed by atoms with Gasteiger partial charge in [-0.25, -0.2) is 0 Å². The lowest BCUT2D eigenvalue weighted by Crippen LogP contribution is -2.34. The lowest BCUT2D eigenvalue weighted by atomic mass is 10.1. The van der Waals surface area contributed by atoms with Crippen LogP contribution in [0, 0.1) is 0 Å². The third-order valence-electron chi connectivity index (χ3n) is 4.26. The van der Waals surface area contributed by atoms with Crippen LogP contribution in [-0.4, -0.2) is 32.8 Å². The number of ether oxygens (including phenoxy) is 1. The van der Waals surface area contributed by atoms with Crippen LogP contribution in [0.15, 0.2) is 22.7 Å². The van der Waals surface area contributed by atoms with Crippen LogP contribution in [0.1, 0.15) is 38.2 Å². The Morgan fingerprint density at radius 3 is 2.76 bits per heavy atom. The largest absolute Gasteiger partial charge is 0.383 e. The summed E-state index contributed by atoms with van der Waals surface area (Å²) in [6.07, 6.45) is 5.42. The molecule has 0 amide bonds. The maximum absolute atomic E-state index is 5.10. The van der Waals surface area contributed by atoms with E-state index in [-0.39, 0.29) is 0 Å². The predicted molar refractivity (Wildman–Crippen MR) is 93.0 cm³/mol. The second-order valence-corrected chi connectivity index (χ2v) is 6.58. The summed E-state index contributed by atoms with van der Waals surface area (Å²) in [4.78, 5) is 2.59. The van der Waals surface area contributed by atoms with Crippen LogP contribution in [0.2, 0.25) is 0 Å². The van der Waals surface area contributed by atoms with E-state index >= 15 is 0 Å². The Morgan fingerprint density at radius 1 is 1.33 bits per heavy atom. The first-order valence-electron chi connectivity index (χ1n) is 8.01. The number of hydrogen-bond acceptors (Lipinski definition) is 3. The van der Waals surface area contributed by atoms with Gasteiger partial charge in [0.1, 0.15) is 0 Å². The third-order valence-corrected chi connectivity index (χ3v) is 4.75. The Morgan fingerprint density at radius 2 is 2.10 bits per heavy atom. The van der Waals surface area contributed by atoms with Gasteiger partial charge in [0.25, 0.3) is 0 Å². The number of nitrogens with zero attached hydrogens (tertiary/aromatic N) is 1. The second-order valence-electron chi connectivity index (χ2n) is 5.67. The zero-order valence-corrected chi connectivity index (χ0v) is 14.8. The Bertz CT molecular complexity index is 433. The molecule has 1 aliphatic carbocycles. The number of methoxy groups -OCH3 is 1. The van der Waals surface area contributed by atoms with Crippen molar-refractivity contribution in [1.29, 1.82) is 0 Å². The van der Waals surface area contributed by atoms with Gasteiger partial charge in [0.05, 0.1) is 6.61 Å². The number of rotatable bonds is 8. The van der Waals surface area contributed by atoms with Gasteiger partial charge in [-0.15, -0.1) is 0 Å². The van der Waals surface area contributed by atoms with E-state index in [0.717, 1.165) is 30.7 Å². The topological polar surface area (TPSA) is 24.5 Å². The van der Waals surface area contributed by atoms with Gasteiger partial charge in [0.15, 0.2) is 0 Å². The molecule has 0 atom stereocenters. The van der Waals surface area contributed by atoms with Crippen LogP contribution in [0.5, 0.6) is 0 Å². The Kier molecular flexibility index (Phi) is 7.00. The third kappa shape index (κ3) is 4.70. The summed E-state index contributed by atoms with van der Waals surface area (Å²) >= 11 is 3.60. The minimum absolute atomic E-state index is 0.717. The zero-order chi connectivity index (χ0) is 15.1. The smallest absolute Gasteiger partial charge is 0.0587 e. The molecule has 1 N–H and O–H groups in total. The van der Waals surface area contributed by atoms with Gasteiger partial charge >= 0.3 is 0 Å². The highest BCUT2D eigenvalue weighted by Gasteiger charge is 2.23. The fourth-order valence-corrected chi connectivity index (χ4v) is 3.62. The average Bonchev–Trinajstić information content (AvgIpc) is 3.00. The molecule has 3 nitrogen and oxygen atoms in total. The molecular formula is C17H27BrN2O. The van der Waals surface area contributed by atoms with Crippen molar-refractivity contribution in [3.05, 3.63) is 28.2 Å². The number of benzene rings is 1. The summed E-state index contributed by atoms with van der Waals surface area (Å²) in [5, 5.41) is 3.47. The lowest BCUT2D eigenvalue weighted by Gasteiger charge is -2.32. The fourth-order valence-electron chi connectivity index (χ4n) is 3.21. The fraction of sp³-hybridized carbons (Fsp3) is 0.647. The molecule has 1 fully saturated rings. The summed E-state index contributed by atoms with van der Waals surface area (Å²) in [5.41, 5.74) is 2.76. The normalized spacial score (nSPS) is 15.6. The minimum Gasteiger partial charge on any atom is -0.383 e. The molecule has 0 aromatic heterocycles. The monoisotopic (exact) mass is 354 g/mol. The van der Waals surface area contributed by atoms with Crippen LogP contribution in [0.4, 0.5) is 5.69 Å². The number of hydrogen-bond donors (Lipinski definition) is 1. The summed E-state index contributed by atoms with van der Waals surface area (Å²) < 4.78 is 6.25. The number of anilines is 1. The van der Waals surface area contributed by atoms with E-state index in [0.29, 0.717) is 6.04 Å². The standard InChI is InChI=1S/C17H27BrN2O/c1-3-20(16-6-4-5-7-16)17-9-8-15(18)12-14(17)13-19-10-11-21-2/h8-9,12,16,19H,3-7,10-11,13H2,1-2H3. The van der Waals surface area contributed by atoms with E-state index in [1.165, 1.54) is 36.9 Å². The van der Waals surface area contributed by atoms with Crippen LogP contribution in [0.3, 0.4) is 0 Å². The molecule has 1 aromatic carbocycles. The van der Waals surface area contributed by atoms with E-state index in [9.17, 15) is 0 Å². The van der Waals surface area contributed by atoms with Crippen LogP contribution in [-0.2, 0) is 11.3 Å². The molecule has 0 aliphatic heterocycles. The van der Waals surface area contributed by atoms with Crippen molar-refractivity contribution in [3.8, 4) is 0 Å². The SMILES string of the molecule is CCN(c1ccc(Br)cc1CNCCOC)C1CCCC1.